The molecule has 0 spiro atoms. The number of thiophene rings is 1. The lowest BCUT2D eigenvalue weighted by molar-refractivity contribution is -0.524. The van der Waals surface area contributed by atoms with Crippen molar-refractivity contribution in [3.63, 3.8) is 0 Å². The number of benzene rings is 1. The summed E-state index contributed by atoms with van der Waals surface area (Å²) in [5, 5.41) is 14.8. The van der Waals surface area contributed by atoms with Crippen LogP contribution in [0.1, 0.15) is 24.3 Å². The maximum atomic E-state index is 12.8. The Labute approximate surface area is 150 Å². The average Bonchev–Trinajstić information content (AvgIpc) is 3.06. The van der Waals surface area contributed by atoms with E-state index < -0.39 is 0 Å². The predicted molar refractivity (Wildman–Crippen MR) is 103 cm³/mol. The lowest BCUT2D eigenvalue weighted by atomic mass is 10.1. The van der Waals surface area contributed by atoms with Gasteiger partial charge in [0.1, 0.15) is 9.07 Å². The molecule has 1 aliphatic heterocycles. The van der Waals surface area contributed by atoms with Gasteiger partial charge in [0.25, 0.3) is 6.17 Å². The molecule has 1 aromatic carbocycles. The monoisotopic (exact) mass is 362 g/mol. The third-order valence-electron chi connectivity index (χ3n) is 3.74. The minimum absolute atomic E-state index is 0.263. The highest BCUT2D eigenvalue weighted by molar-refractivity contribution is 8.24. The summed E-state index contributed by atoms with van der Waals surface area (Å²) in [6, 6.07) is 14.0. The van der Waals surface area contributed by atoms with Gasteiger partial charge < -0.3 is 5.21 Å². The van der Waals surface area contributed by atoms with Crippen LogP contribution in [0.15, 0.2) is 47.8 Å². The largest absolute Gasteiger partial charge is 0.622 e. The van der Waals surface area contributed by atoms with E-state index in [9.17, 15) is 5.21 Å². The van der Waals surface area contributed by atoms with Gasteiger partial charge in [-0.2, -0.15) is 4.74 Å². The van der Waals surface area contributed by atoms with Crippen LogP contribution in [0.4, 0.5) is 0 Å². The molecule has 0 N–H and O–H groups in total. The molecule has 3 rings (SSSR count). The van der Waals surface area contributed by atoms with Crippen molar-refractivity contribution >= 4 is 45.9 Å². The molecular weight excluding hydrogens is 344 g/mol. The van der Waals surface area contributed by atoms with E-state index in [0.29, 0.717) is 6.54 Å². The van der Waals surface area contributed by atoms with Crippen LogP contribution >= 0.6 is 35.3 Å². The van der Waals surface area contributed by atoms with E-state index in [4.69, 9.17) is 12.2 Å². The summed E-state index contributed by atoms with van der Waals surface area (Å²) >= 11 is 8.70. The number of hydroxylamine groups is 1. The van der Waals surface area contributed by atoms with Crippen LogP contribution in [0.3, 0.4) is 0 Å². The van der Waals surface area contributed by atoms with Crippen LogP contribution in [0, 0.1) is 5.21 Å². The number of thiocarbonyl (C=S) groups is 1. The molecule has 120 valence electrons. The van der Waals surface area contributed by atoms with Gasteiger partial charge in [-0.05, 0) is 30.9 Å². The van der Waals surface area contributed by atoms with Gasteiger partial charge in [-0.1, -0.05) is 60.4 Å². The second-order valence-electron chi connectivity index (χ2n) is 5.96. The van der Waals surface area contributed by atoms with E-state index in [1.807, 2.05) is 40.6 Å². The number of rotatable bonds is 4. The van der Waals surface area contributed by atoms with Crippen LogP contribution in [0.25, 0.3) is 0 Å². The molecule has 1 saturated heterocycles. The van der Waals surface area contributed by atoms with Crippen LogP contribution in [-0.2, 0) is 6.54 Å². The fourth-order valence-electron chi connectivity index (χ4n) is 2.75. The molecule has 1 atom stereocenters. The molecule has 23 heavy (non-hydrogen) atoms. The predicted octanol–water partition coefficient (Wildman–Crippen LogP) is 4.32. The lowest BCUT2D eigenvalue weighted by Gasteiger charge is -2.29. The third kappa shape index (κ3) is 3.59. The van der Waals surface area contributed by atoms with Gasteiger partial charge in [0.15, 0.2) is 6.21 Å². The van der Waals surface area contributed by atoms with Gasteiger partial charge in [0.05, 0.1) is 11.4 Å². The standard InChI is InChI=1S/C17H18N2OS3/c1-17(2)15(19(20)12-14-9-6-10-22-14)18(16(21)23-17)11-13-7-4-3-5-8-13/h3-10,12,15H,11H2,1-2H3/b19-12-. The minimum atomic E-state index is -0.317. The average molecular weight is 363 g/mol. The Morgan fingerprint density at radius 1 is 1.26 bits per heavy atom. The molecular formula is C17H18N2OS3. The Balaban J connectivity index is 1.91. The van der Waals surface area contributed by atoms with Gasteiger partial charge >= 0.3 is 0 Å². The fraction of sp³-hybridized carbons (Fsp3) is 0.294. The van der Waals surface area contributed by atoms with Gasteiger partial charge in [-0.25, -0.2) is 0 Å². The zero-order valence-corrected chi connectivity index (χ0v) is 15.5. The first-order valence-electron chi connectivity index (χ1n) is 7.35. The van der Waals surface area contributed by atoms with Crippen LogP contribution in [-0.4, -0.2) is 31.1 Å². The zero-order valence-electron chi connectivity index (χ0n) is 13.0. The highest BCUT2D eigenvalue weighted by atomic mass is 32.2. The first kappa shape index (κ1) is 16.5. The highest BCUT2D eigenvalue weighted by Crippen LogP contribution is 2.42. The number of thioether (sulfide) groups is 1. The second kappa shape index (κ2) is 6.63. The Hall–Kier alpha value is -1.37. The summed E-state index contributed by atoms with van der Waals surface area (Å²) in [5.74, 6) is 0. The van der Waals surface area contributed by atoms with Crippen molar-refractivity contribution in [2.75, 3.05) is 0 Å². The molecule has 1 fully saturated rings. The minimum Gasteiger partial charge on any atom is -0.622 e. The van der Waals surface area contributed by atoms with Gasteiger partial charge in [-0.3, -0.25) is 4.90 Å². The Morgan fingerprint density at radius 2 is 2.00 bits per heavy atom. The van der Waals surface area contributed by atoms with E-state index >= 15 is 0 Å². The molecule has 0 amide bonds. The van der Waals surface area contributed by atoms with E-state index in [2.05, 4.69) is 26.0 Å². The highest BCUT2D eigenvalue weighted by Gasteiger charge is 2.50. The topological polar surface area (TPSA) is 29.3 Å². The maximum Gasteiger partial charge on any atom is 0.254 e. The number of nitrogens with zero attached hydrogens (tertiary/aromatic N) is 2. The molecule has 0 saturated carbocycles. The summed E-state index contributed by atoms with van der Waals surface area (Å²) in [6.07, 6.45) is 1.35. The fourth-order valence-corrected chi connectivity index (χ4v) is 5.26. The molecule has 0 aliphatic carbocycles. The molecule has 1 aromatic heterocycles. The first-order chi connectivity index (χ1) is 11.0. The maximum absolute atomic E-state index is 12.8. The Morgan fingerprint density at radius 3 is 2.65 bits per heavy atom. The van der Waals surface area contributed by atoms with Crippen LogP contribution < -0.4 is 0 Å². The van der Waals surface area contributed by atoms with E-state index in [1.54, 1.807) is 29.3 Å². The van der Waals surface area contributed by atoms with E-state index in [1.165, 1.54) is 0 Å². The zero-order chi connectivity index (χ0) is 16.4. The smallest absolute Gasteiger partial charge is 0.254 e. The van der Waals surface area contributed by atoms with E-state index in [-0.39, 0.29) is 10.9 Å². The van der Waals surface area contributed by atoms with Crippen LogP contribution in [0.2, 0.25) is 0 Å². The van der Waals surface area contributed by atoms with Crippen molar-refractivity contribution in [2.45, 2.75) is 31.3 Å². The first-order valence-corrected chi connectivity index (χ1v) is 9.45. The lowest BCUT2D eigenvalue weighted by Crippen LogP contribution is -2.47. The quantitative estimate of drug-likeness (QED) is 0.266. The Bertz CT molecular complexity index is 711. The van der Waals surface area contributed by atoms with Crippen LogP contribution in [0.5, 0.6) is 0 Å². The number of hydrogen-bond acceptors (Lipinski definition) is 4. The van der Waals surface area contributed by atoms with Crippen molar-refractivity contribution in [3.05, 3.63) is 63.5 Å². The van der Waals surface area contributed by atoms with Crippen molar-refractivity contribution in [1.29, 1.82) is 0 Å². The Kier molecular flexibility index (Phi) is 4.75. The summed E-state index contributed by atoms with van der Waals surface area (Å²) in [5.41, 5.74) is 1.16. The third-order valence-corrected chi connectivity index (χ3v) is 6.17. The summed E-state index contributed by atoms with van der Waals surface area (Å²) < 4.78 is 1.58. The second-order valence-corrected chi connectivity index (χ2v) is 9.23. The SMILES string of the molecule is CC1(C)SC(=S)N(Cc2ccccc2)C1/[N+]([O-])=C/c1cccs1. The molecule has 1 unspecified atom stereocenters. The number of hydrogen-bond donors (Lipinski definition) is 0. The van der Waals surface area contributed by atoms with Crippen molar-refractivity contribution in [1.82, 2.24) is 4.90 Å². The molecule has 0 radical (unpaired) electrons. The van der Waals surface area contributed by atoms with Crippen molar-refractivity contribution in [3.8, 4) is 0 Å². The van der Waals surface area contributed by atoms with Gasteiger partial charge in [-0.15, -0.1) is 11.3 Å². The van der Waals surface area contributed by atoms with E-state index in [0.717, 1.165) is 19.5 Å². The summed E-state index contributed by atoms with van der Waals surface area (Å²) in [7, 11) is 0. The summed E-state index contributed by atoms with van der Waals surface area (Å²) in [6.45, 7) is 4.80. The van der Waals surface area contributed by atoms with Crippen molar-refractivity contribution < 1.29 is 4.74 Å². The molecule has 2 aromatic rings. The van der Waals surface area contributed by atoms with Gasteiger partial charge in [0, 0.05) is 0 Å². The summed E-state index contributed by atoms with van der Waals surface area (Å²) in [4.78, 5) is 2.99. The molecule has 1 aliphatic rings. The molecule has 6 heteroatoms. The molecule has 3 nitrogen and oxygen atoms in total. The molecule has 0 bridgehead atoms. The molecule has 2 heterocycles. The normalized spacial score (nSPS) is 21.0. The van der Waals surface area contributed by atoms with Crippen molar-refractivity contribution in [2.24, 2.45) is 0 Å². The van der Waals surface area contributed by atoms with Gasteiger partial charge in [0.2, 0.25) is 0 Å².